The third-order valence-corrected chi connectivity index (χ3v) is 6.43. The second-order valence-corrected chi connectivity index (χ2v) is 10.1. The Kier molecular flexibility index (Phi) is 6.25. The van der Waals surface area contributed by atoms with Crippen molar-refractivity contribution in [1.82, 2.24) is 9.88 Å². The second kappa shape index (κ2) is 8.87. The molecule has 2 aromatic carbocycles. The monoisotopic (exact) mass is 515 g/mol. The lowest BCUT2D eigenvalue weighted by molar-refractivity contribution is -0.140. The Labute approximate surface area is 196 Å². The van der Waals surface area contributed by atoms with Crippen LogP contribution in [-0.4, -0.2) is 37.0 Å². The summed E-state index contributed by atoms with van der Waals surface area (Å²) in [6.07, 6.45) is -3.43. The highest BCUT2D eigenvalue weighted by Crippen LogP contribution is 2.36. The van der Waals surface area contributed by atoms with Crippen molar-refractivity contribution in [3.8, 4) is 11.5 Å². The molecular weight excluding hydrogens is 498 g/mol. The van der Waals surface area contributed by atoms with Crippen molar-refractivity contribution < 1.29 is 35.5 Å². The van der Waals surface area contributed by atoms with Crippen molar-refractivity contribution in [3.05, 3.63) is 70.0 Å². The Morgan fingerprint density at radius 2 is 2.00 bits per heavy atom. The summed E-state index contributed by atoms with van der Waals surface area (Å²) in [5.74, 6) is -1.53. The minimum atomic E-state index is -4.80. The number of carbonyl (C=O) groups excluding carboxylic acids is 1. The first-order valence-electron chi connectivity index (χ1n) is 9.78. The first-order chi connectivity index (χ1) is 15.9. The van der Waals surface area contributed by atoms with E-state index in [-0.39, 0.29) is 29.0 Å². The van der Waals surface area contributed by atoms with E-state index in [4.69, 9.17) is 4.74 Å². The van der Waals surface area contributed by atoms with Crippen LogP contribution in [0.5, 0.6) is 11.5 Å². The van der Waals surface area contributed by atoms with Crippen LogP contribution in [0.4, 0.5) is 22.7 Å². The number of anilines is 1. The minimum absolute atomic E-state index is 0.0780. The van der Waals surface area contributed by atoms with Crippen LogP contribution < -0.4 is 9.46 Å². The van der Waals surface area contributed by atoms with Gasteiger partial charge in [0, 0.05) is 30.1 Å². The van der Waals surface area contributed by atoms with Crippen molar-refractivity contribution in [2.75, 3.05) is 17.5 Å². The van der Waals surface area contributed by atoms with E-state index in [0.717, 1.165) is 34.8 Å². The fourth-order valence-electron chi connectivity index (χ4n) is 3.50. The van der Waals surface area contributed by atoms with Crippen molar-refractivity contribution in [1.29, 1.82) is 0 Å². The number of nitrogens with zero attached hydrogens (tertiary/aromatic N) is 2. The van der Waals surface area contributed by atoms with Gasteiger partial charge in [-0.2, -0.15) is 13.2 Å². The maximum absolute atomic E-state index is 13.9. The molecule has 0 atom stereocenters. The lowest BCUT2D eigenvalue weighted by Gasteiger charge is -2.29. The number of amides is 1. The number of halogens is 4. The predicted octanol–water partition coefficient (Wildman–Crippen LogP) is 4.66. The Hall–Kier alpha value is -3.19. The van der Waals surface area contributed by atoms with Crippen molar-refractivity contribution in [2.24, 2.45) is 0 Å². The van der Waals surface area contributed by atoms with E-state index in [9.17, 15) is 30.8 Å². The molecule has 180 valence electrons. The Balaban J connectivity index is 1.50. The van der Waals surface area contributed by atoms with Gasteiger partial charge in [-0.3, -0.25) is 9.52 Å². The van der Waals surface area contributed by atoms with Gasteiger partial charge in [0.15, 0.2) is 5.13 Å². The smallest absolute Gasteiger partial charge is 0.419 e. The number of nitrogens with one attached hydrogen (secondary N) is 1. The molecule has 1 aliphatic heterocycles. The molecule has 0 spiro atoms. The molecular formula is C21H17F4N3O4S2. The Bertz CT molecular complexity index is 1360. The number of hydrogen-bond donors (Lipinski definition) is 1. The van der Waals surface area contributed by atoms with Gasteiger partial charge in [0.1, 0.15) is 23.0 Å². The van der Waals surface area contributed by atoms with Gasteiger partial charge in [-0.15, -0.1) is 11.3 Å². The predicted molar refractivity (Wildman–Crippen MR) is 117 cm³/mol. The molecule has 4 rings (SSSR count). The summed E-state index contributed by atoms with van der Waals surface area (Å²) in [5.41, 5.74) is 0.243. The summed E-state index contributed by atoms with van der Waals surface area (Å²) < 4.78 is 82.8. The Morgan fingerprint density at radius 3 is 2.68 bits per heavy atom. The van der Waals surface area contributed by atoms with E-state index in [1.165, 1.54) is 5.38 Å². The number of alkyl halides is 3. The highest BCUT2D eigenvalue weighted by Gasteiger charge is 2.34. The quantitative estimate of drug-likeness (QED) is 0.500. The van der Waals surface area contributed by atoms with E-state index < -0.39 is 27.6 Å². The van der Waals surface area contributed by atoms with E-state index >= 15 is 0 Å². The number of ether oxygens (including phenoxy) is 1. The lowest BCUT2D eigenvalue weighted by Crippen LogP contribution is -2.36. The summed E-state index contributed by atoms with van der Waals surface area (Å²) in [7, 11) is -3.52. The molecule has 1 amide bonds. The van der Waals surface area contributed by atoms with Gasteiger partial charge >= 0.3 is 6.18 Å². The zero-order valence-electron chi connectivity index (χ0n) is 17.5. The zero-order valence-corrected chi connectivity index (χ0v) is 19.2. The highest BCUT2D eigenvalue weighted by atomic mass is 32.2. The highest BCUT2D eigenvalue weighted by molar-refractivity contribution is 7.92. The molecule has 0 saturated heterocycles. The molecule has 1 N–H and O–H groups in total. The molecule has 0 saturated carbocycles. The summed E-state index contributed by atoms with van der Waals surface area (Å²) in [4.78, 5) is 18.4. The summed E-state index contributed by atoms with van der Waals surface area (Å²) in [6.45, 7) is 0.527. The third-order valence-electron chi connectivity index (χ3n) is 4.98. The topological polar surface area (TPSA) is 88.6 Å². The molecule has 0 aliphatic carbocycles. The summed E-state index contributed by atoms with van der Waals surface area (Å²) in [5, 5.41) is 1.55. The second-order valence-electron chi connectivity index (χ2n) is 7.52. The fraction of sp³-hybridized carbons (Fsp3) is 0.238. The molecule has 0 fully saturated rings. The van der Waals surface area contributed by atoms with E-state index in [0.29, 0.717) is 30.8 Å². The SMILES string of the molecule is CS(=O)(=O)Nc1nc(C(=O)N2CCc3c(cccc3Oc3ccc(C(F)(F)F)c(F)c3)C2)cs1. The van der Waals surface area contributed by atoms with Gasteiger partial charge in [-0.1, -0.05) is 12.1 Å². The van der Waals surface area contributed by atoms with Gasteiger partial charge in [-0.25, -0.2) is 17.8 Å². The van der Waals surface area contributed by atoms with Crippen LogP contribution in [0.25, 0.3) is 0 Å². The molecule has 1 aliphatic rings. The molecule has 0 unspecified atom stereocenters. The lowest BCUT2D eigenvalue weighted by atomic mass is 9.98. The van der Waals surface area contributed by atoms with E-state index in [1.54, 1.807) is 23.1 Å². The molecule has 7 nitrogen and oxygen atoms in total. The molecule has 13 heteroatoms. The van der Waals surface area contributed by atoms with E-state index in [2.05, 4.69) is 9.71 Å². The largest absolute Gasteiger partial charge is 0.457 e. The van der Waals surface area contributed by atoms with Crippen molar-refractivity contribution in [2.45, 2.75) is 19.1 Å². The summed E-state index contributed by atoms with van der Waals surface area (Å²) in [6, 6.07) is 7.43. The van der Waals surface area contributed by atoms with Crippen LogP contribution in [0.3, 0.4) is 0 Å². The van der Waals surface area contributed by atoms with Crippen LogP contribution in [-0.2, 0) is 29.2 Å². The van der Waals surface area contributed by atoms with Crippen LogP contribution in [0, 0.1) is 5.82 Å². The third kappa shape index (κ3) is 5.30. The number of fused-ring (bicyclic) bond motifs is 1. The zero-order chi connectivity index (χ0) is 24.7. The first kappa shape index (κ1) is 24.0. The maximum atomic E-state index is 13.9. The van der Waals surface area contributed by atoms with Crippen LogP contribution >= 0.6 is 11.3 Å². The average Bonchev–Trinajstić information content (AvgIpc) is 3.19. The molecule has 34 heavy (non-hydrogen) atoms. The number of aromatic nitrogens is 1. The Morgan fingerprint density at radius 1 is 1.24 bits per heavy atom. The molecule has 0 radical (unpaired) electrons. The minimum Gasteiger partial charge on any atom is -0.457 e. The number of hydrogen-bond acceptors (Lipinski definition) is 6. The van der Waals surface area contributed by atoms with Crippen molar-refractivity contribution >= 4 is 32.4 Å². The maximum Gasteiger partial charge on any atom is 0.419 e. The average molecular weight is 516 g/mol. The number of carbonyl (C=O) groups is 1. The van der Waals surface area contributed by atoms with E-state index in [1.807, 2.05) is 0 Å². The first-order valence-corrected chi connectivity index (χ1v) is 12.6. The molecule has 3 aromatic rings. The number of benzene rings is 2. The summed E-state index contributed by atoms with van der Waals surface area (Å²) >= 11 is 0.992. The van der Waals surface area contributed by atoms with Gasteiger partial charge in [-0.05, 0) is 30.2 Å². The van der Waals surface area contributed by atoms with Gasteiger partial charge in [0.25, 0.3) is 5.91 Å². The number of sulfonamides is 1. The normalized spacial score (nSPS) is 14.0. The van der Waals surface area contributed by atoms with Crippen LogP contribution in [0.2, 0.25) is 0 Å². The van der Waals surface area contributed by atoms with Gasteiger partial charge in [0.2, 0.25) is 10.0 Å². The van der Waals surface area contributed by atoms with Crippen molar-refractivity contribution in [3.63, 3.8) is 0 Å². The molecule has 0 bridgehead atoms. The molecule has 1 aromatic heterocycles. The van der Waals surface area contributed by atoms with Gasteiger partial charge < -0.3 is 9.64 Å². The van der Waals surface area contributed by atoms with Crippen LogP contribution in [0.1, 0.15) is 27.2 Å². The number of rotatable bonds is 5. The number of thiazole rings is 1. The fourth-order valence-corrected chi connectivity index (χ4v) is 5.04. The van der Waals surface area contributed by atoms with Crippen LogP contribution in [0.15, 0.2) is 41.8 Å². The molecule has 2 heterocycles. The van der Waals surface area contributed by atoms with Gasteiger partial charge in [0.05, 0.1) is 11.8 Å². The standard InChI is InChI=1S/C21H17F4N3O4S2/c1-34(30,31)27-20-26-17(11-33-20)19(29)28-8-7-14-12(10-28)3-2-4-18(14)32-13-5-6-15(16(22)9-13)21(23,24)25/h2-6,9,11H,7-8,10H2,1H3,(H,26,27).